The molecule has 1 heterocycles. The number of hydrogen-bond acceptors (Lipinski definition) is 0. The van der Waals surface area contributed by atoms with Crippen LogP contribution in [0.5, 0.6) is 0 Å². The first-order valence-corrected chi connectivity index (χ1v) is 13.3. The van der Waals surface area contributed by atoms with Crippen molar-refractivity contribution in [3.05, 3.63) is 72.8 Å². The summed E-state index contributed by atoms with van der Waals surface area (Å²) in [5.74, 6) is 0. The molecule has 0 saturated carbocycles. The van der Waals surface area contributed by atoms with Crippen LogP contribution in [0.3, 0.4) is 0 Å². The topological polar surface area (TPSA) is 0 Å². The van der Waals surface area contributed by atoms with E-state index in [4.69, 9.17) is 17.0 Å². The molecule has 0 bridgehead atoms. The van der Waals surface area contributed by atoms with E-state index in [-0.39, 0.29) is 0 Å². The van der Waals surface area contributed by atoms with E-state index in [0.717, 1.165) is 0 Å². The van der Waals surface area contributed by atoms with Gasteiger partial charge in [-0.05, 0) is 0 Å². The van der Waals surface area contributed by atoms with Crippen LogP contribution in [0.1, 0.15) is 0 Å². The normalized spacial score (nSPS) is 9.90. The largest absolute Gasteiger partial charge is 0.152 e. The number of rotatable bonds is 2. The van der Waals surface area contributed by atoms with Gasteiger partial charge in [-0.2, -0.15) is 8.19 Å². The zero-order chi connectivity index (χ0) is 14.2. The first-order chi connectivity index (χ1) is 9.85. The van der Waals surface area contributed by atoms with Crippen LogP contribution in [0, 0.1) is 0 Å². The minimum absolute atomic E-state index is 0.826. The van der Waals surface area contributed by atoms with Crippen molar-refractivity contribution < 1.29 is 20.8 Å². The molecule has 20 heavy (non-hydrogen) atoms. The Morgan fingerprint density at radius 1 is 0.800 bits per heavy atom. The van der Waals surface area contributed by atoms with Gasteiger partial charge in [0.25, 0.3) is 0 Å². The molecule has 0 nitrogen and oxygen atoms in total. The van der Waals surface area contributed by atoms with Gasteiger partial charge in [-0.3, -0.25) is 0 Å². The Bertz CT molecular complexity index is 569. The van der Waals surface area contributed by atoms with Gasteiger partial charge in [0.2, 0.25) is 0 Å². The Hall–Kier alpha value is -0.317. The van der Waals surface area contributed by atoms with E-state index in [1.807, 2.05) is 0 Å². The fourth-order valence-electron chi connectivity index (χ4n) is 1.90. The minimum Gasteiger partial charge on any atom is -0.152 e. The Morgan fingerprint density at radius 2 is 1.35 bits per heavy atom. The zero-order valence-corrected chi connectivity index (χ0v) is 15.5. The molecule has 3 rings (SSSR count). The van der Waals surface area contributed by atoms with Crippen LogP contribution in [0.25, 0.3) is 21.7 Å². The summed E-state index contributed by atoms with van der Waals surface area (Å²) in [6, 6.07) is 25.6. The van der Waals surface area contributed by atoms with E-state index in [1.54, 1.807) is 0 Å². The van der Waals surface area contributed by atoms with Crippen LogP contribution in [-0.2, 0) is 20.8 Å². The Kier molecular flexibility index (Phi) is 7.11. The van der Waals surface area contributed by atoms with Crippen molar-refractivity contribution in [3.8, 4) is 21.7 Å². The monoisotopic (exact) mass is 395 g/mol. The van der Waals surface area contributed by atoms with Gasteiger partial charge in [-0.15, -0.1) is 29.8 Å². The number of hydrogen-bond donors (Lipinski definition) is 0. The summed E-state index contributed by atoms with van der Waals surface area (Å²) in [7, 11) is 11.2. The number of halogens is 2. The molecule has 100 valence electrons. The third-order valence-corrected chi connectivity index (χ3v) is 4.08. The van der Waals surface area contributed by atoms with E-state index < -0.39 is 20.8 Å². The fourth-order valence-corrected chi connectivity index (χ4v) is 3.02. The van der Waals surface area contributed by atoms with Crippen molar-refractivity contribution in [1.29, 1.82) is 0 Å². The van der Waals surface area contributed by atoms with Crippen molar-refractivity contribution in [3.63, 3.8) is 0 Å². The van der Waals surface area contributed by atoms with Crippen LogP contribution in [0.15, 0.2) is 72.8 Å². The molecule has 3 aromatic rings. The molecular weight excluding hydrogens is 385 g/mol. The van der Waals surface area contributed by atoms with Gasteiger partial charge < -0.3 is 0 Å². The van der Waals surface area contributed by atoms with Crippen LogP contribution in [0.2, 0.25) is 0 Å². The van der Waals surface area contributed by atoms with Crippen molar-refractivity contribution in [2.24, 2.45) is 0 Å². The Labute approximate surface area is 139 Å². The van der Waals surface area contributed by atoms with E-state index >= 15 is 0 Å². The molecule has 2 aromatic carbocycles. The van der Waals surface area contributed by atoms with Gasteiger partial charge in [-0.1, -0.05) is 64.7 Å². The molecule has 4 heteroatoms. The molecule has 0 aliphatic rings. The van der Waals surface area contributed by atoms with Crippen molar-refractivity contribution in [2.75, 3.05) is 0 Å². The van der Waals surface area contributed by atoms with Crippen molar-refractivity contribution in [2.45, 2.75) is 0 Å². The van der Waals surface area contributed by atoms with E-state index in [1.165, 1.54) is 29.9 Å². The first-order valence-electron chi connectivity index (χ1n) is 6.06. The molecule has 0 saturated heterocycles. The van der Waals surface area contributed by atoms with Gasteiger partial charge in [0.1, 0.15) is 0 Å². The summed E-state index contributed by atoms with van der Waals surface area (Å²) in [6.07, 6.45) is 0. The molecule has 0 unspecified atom stereocenters. The van der Waals surface area contributed by atoms with E-state index in [0.29, 0.717) is 0 Å². The average Bonchev–Trinajstić information content (AvgIpc) is 3.00. The summed E-state index contributed by atoms with van der Waals surface area (Å²) < 4.78 is 0. The van der Waals surface area contributed by atoms with Crippen LogP contribution >= 0.6 is 25.2 Å². The fraction of sp³-hybridized carbons (Fsp3) is 0. The summed E-state index contributed by atoms with van der Waals surface area (Å²) >= 11 is -0.826. The second-order valence-electron chi connectivity index (χ2n) is 4.02. The Morgan fingerprint density at radius 3 is 1.95 bits per heavy atom. The predicted molar refractivity (Wildman–Crippen MR) is 87.1 cm³/mol. The minimum atomic E-state index is -0.826. The van der Waals surface area contributed by atoms with Crippen LogP contribution in [0.4, 0.5) is 0 Å². The predicted octanol–water partition coefficient (Wildman–Crippen LogP) is 6.70. The third kappa shape index (κ3) is 4.61. The van der Waals surface area contributed by atoms with E-state index in [2.05, 4.69) is 72.8 Å². The van der Waals surface area contributed by atoms with Gasteiger partial charge in [-0.25, -0.2) is 0 Å². The van der Waals surface area contributed by atoms with Crippen molar-refractivity contribution in [1.82, 2.24) is 0 Å². The number of benzene rings is 2. The maximum absolute atomic E-state index is 4.93. The van der Waals surface area contributed by atoms with Crippen molar-refractivity contribution >= 4 is 25.2 Å². The molecule has 0 amide bonds. The summed E-state index contributed by atoms with van der Waals surface area (Å²) in [5, 5.41) is 2.76. The summed E-state index contributed by atoms with van der Waals surface area (Å²) in [6.45, 7) is 0. The molecule has 0 fully saturated rings. The van der Waals surface area contributed by atoms with Crippen LogP contribution in [-0.4, -0.2) is 0 Å². The smallest absolute Gasteiger partial charge is 0.0541 e. The molecule has 0 atom stereocenters. The molecular formula is C16H12Cl2PZr-. The van der Waals surface area contributed by atoms with Gasteiger partial charge in [0, 0.05) is 0 Å². The molecule has 1 aromatic heterocycles. The van der Waals surface area contributed by atoms with E-state index in [9.17, 15) is 0 Å². The maximum atomic E-state index is 4.93. The van der Waals surface area contributed by atoms with Gasteiger partial charge >= 0.3 is 37.9 Å². The standard InChI is InChI=1S/C16H12P.2ClH.Zr/c1-3-7-13(8-4-1)15-11-12-16(17-15)14-9-5-2-6-10-14;;;/h1-12H;2*1H;/q-1;;;+2/p-2. The quantitative estimate of drug-likeness (QED) is 0.422. The average molecular weight is 397 g/mol. The second kappa shape index (κ2) is 8.86. The summed E-state index contributed by atoms with van der Waals surface area (Å²) in [5.41, 5.74) is 2.63. The molecule has 0 radical (unpaired) electrons. The van der Waals surface area contributed by atoms with Crippen LogP contribution < -0.4 is 0 Å². The molecule has 0 aliphatic heterocycles. The first kappa shape index (κ1) is 16.1. The molecule has 0 spiro atoms. The summed E-state index contributed by atoms with van der Waals surface area (Å²) in [4.78, 5) is 0. The SMILES string of the molecule is [Cl][Zr][Cl].c1ccc(-c2cc[c-](-c3ccccc3)p2)cc1. The third-order valence-electron chi connectivity index (χ3n) is 2.78. The Balaban J connectivity index is 0.000000452. The zero-order valence-electron chi connectivity index (χ0n) is 10.6. The van der Waals surface area contributed by atoms with Gasteiger partial charge in [0.05, 0.1) is 0 Å². The maximum Gasteiger partial charge on any atom is -0.0541 e. The molecule has 0 aliphatic carbocycles. The molecule has 0 N–H and O–H groups in total. The van der Waals surface area contributed by atoms with Gasteiger partial charge in [0.15, 0.2) is 0 Å². The second-order valence-corrected chi connectivity index (χ2v) is 8.94.